The molecule has 5 nitrogen and oxygen atoms in total. The SMILES string of the molecule is CC(Sc1n[nH]c(=O)n1C1CC1)c1ccc(N)cc1. The van der Waals surface area contributed by atoms with Gasteiger partial charge in [-0.05, 0) is 37.5 Å². The zero-order chi connectivity index (χ0) is 13.4. The molecule has 2 aromatic rings. The summed E-state index contributed by atoms with van der Waals surface area (Å²) < 4.78 is 1.78. The number of nitrogen functional groups attached to an aromatic ring is 1. The maximum absolute atomic E-state index is 11.7. The average molecular weight is 276 g/mol. The van der Waals surface area contributed by atoms with Crippen LogP contribution in [0.4, 0.5) is 5.69 Å². The molecule has 1 aliphatic carbocycles. The first-order valence-corrected chi connectivity index (χ1v) is 7.22. The van der Waals surface area contributed by atoms with Crippen molar-refractivity contribution in [3.8, 4) is 0 Å². The van der Waals surface area contributed by atoms with Gasteiger partial charge in [0, 0.05) is 17.0 Å². The molecule has 0 bridgehead atoms. The average Bonchev–Trinajstić information content (AvgIpc) is 3.16. The summed E-state index contributed by atoms with van der Waals surface area (Å²) in [7, 11) is 0. The van der Waals surface area contributed by atoms with Crippen LogP contribution in [0.5, 0.6) is 0 Å². The summed E-state index contributed by atoms with van der Waals surface area (Å²) >= 11 is 1.60. The molecule has 1 unspecified atom stereocenters. The predicted octanol–water partition coefficient (Wildman–Crippen LogP) is 2.34. The number of thioether (sulfide) groups is 1. The molecule has 3 rings (SSSR count). The molecule has 1 aromatic heterocycles. The van der Waals surface area contributed by atoms with Gasteiger partial charge in [0.25, 0.3) is 0 Å². The van der Waals surface area contributed by atoms with Crippen LogP contribution in [0.25, 0.3) is 0 Å². The van der Waals surface area contributed by atoms with Crippen molar-refractivity contribution in [2.45, 2.75) is 36.2 Å². The highest BCUT2D eigenvalue weighted by Crippen LogP contribution is 2.39. The van der Waals surface area contributed by atoms with E-state index in [1.54, 1.807) is 16.3 Å². The second kappa shape index (κ2) is 4.77. The van der Waals surface area contributed by atoms with Crippen LogP contribution in [0.15, 0.2) is 34.2 Å². The van der Waals surface area contributed by atoms with E-state index in [0.717, 1.165) is 23.7 Å². The lowest BCUT2D eigenvalue weighted by molar-refractivity contribution is 0.641. The molecule has 0 amide bonds. The zero-order valence-corrected chi connectivity index (χ0v) is 11.5. The second-order valence-electron chi connectivity index (χ2n) is 4.84. The number of anilines is 1. The summed E-state index contributed by atoms with van der Waals surface area (Å²) in [5, 5.41) is 7.67. The zero-order valence-electron chi connectivity index (χ0n) is 10.7. The molecular formula is C13H16N4OS. The minimum absolute atomic E-state index is 0.102. The van der Waals surface area contributed by atoms with Crippen molar-refractivity contribution in [2.24, 2.45) is 0 Å². The number of aromatic nitrogens is 3. The normalized spacial score (nSPS) is 16.5. The highest BCUT2D eigenvalue weighted by atomic mass is 32.2. The minimum atomic E-state index is -0.102. The van der Waals surface area contributed by atoms with Gasteiger partial charge in [0.1, 0.15) is 0 Å². The molecule has 1 saturated carbocycles. The van der Waals surface area contributed by atoms with Crippen LogP contribution in [0.1, 0.15) is 36.6 Å². The number of hydrogen-bond acceptors (Lipinski definition) is 4. The molecule has 0 aliphatic heterocycles. The van der Waals surface area contributed by atoms with Gasteiger partial charge in [-0.3, -0.25) is 4.57 Å². The highest BCUT2D eigenvalue weighted by Gasteiger charge is 2.29. The molecule has 3 N–H and O–H groups in total. The Morgan fingerprint density at radius 3 is 2.74 bits per heavy atom. The van der Waals surface area contributed by atoms with Gasteiger partial charge in [-0.1, -0.05) is 23.9 Å². The number of benzene rings is 1. The lowest BCUT2D eigenvalue weighted by Crippen LogP contribution is -2.16. The van der Waals surface area contributed by atoms with Crippen molar-refractivity contribution in [1.29, 1.82) is 0 Å². The number of aromatic amines is 1. The van der Waals surface area contributed by atoms with Gasteiger partial charge in [-0.25, -0.2) is 9.89 Å². The Kier molecular flexibility index (Phi) is 3.10. The minimum Gasteiger partial charge on any atom is -0.399 e. The fourth-order valence-corrected chi connectivity index (χ4v) is 3.07. The van der Waals surface area contributed by atoms with E-state index < -0.39 is 0 Å². The Morgan fingerprint density at radius 2 is 2.11 bits per heavy atom. The summed E-state index contributed by atoms with van der Waals surface area (Å²) in [6.07, 6.45) is 2.15. The number of nitrogens with zero attached hydrogens (tertiary/aromatic N) is 2. The van der Waals surface area contributed by atoms with Crippen molar-refractivity contribution in [2.75, 3.05) is 5.73 Å². The third-order valence-electron chi connectivity index (χ3n) is 3.27. The third kappa shape index (κ3) is 2.53. The van der Waals surface area contributed by atoms with Crippen LogP contribution in [-0.2, 0) is 0 Å². The first kappa shape index (κ1) is 12.3. The van der Waals surface area contributed by atoms with Crippen molar-refractivity contribution in [1.82, 2.24) is 14.8 Å². The van der Waals surface area contributed by atoms with Gasteiger partial charge in [-0.15, -0.1) is 5.10 Å². The molecule has 1 atom stereocenters. The Hall–Kier alpha value is -1.69. The standard InChI is InChI=1S/C13H16N4OS/c1-8(9-2-4-10(14)5-3-9)19-13-16-15-12(18)17(13)11-6-7-11/h2-5,8,11H,6-7,14H2,1H3,(H,15,18). The topological polar surface area (TPSA) is 76.7 Å². The van der Waals surface area contributed by atoms with E-state index in [1.807, 2.05) is 24.3 Å². The summed E-state index contributed by atoms with van der Waals surface area (Å²) in [5.41, 5.74) is 7.52. The van der Waals surface area contributed by atoms with E-state index in [-0.39, 0.29) is 10.9 Å². The Labute approximate surface area is 115 Å². The molecule has 19 heavy (non-hydrogen) atoms. The first-order valence-electron chi connectivity index (χ1n) is 6.34. The third-order valence-corrected chi connectivity index (χ3v) is 4.40. The predicted molar refractivity (Wildman–Crippen MR) is 76.2 cm³/mol. The van der Waals surface area contributed by atoms with Crippen molar-refractivity contribution in [3.05, 3.63) is 40.3 Å². The fraction of sp³-hybridized carbons (Fsp3) is 0.385. The van der Waals surface area contributed by atoms with E-state index in [4.69, 9.17) is 5.73 Å². The smallest absolute Gasteiger partial charge is 0.344 e. The molecule has 100 valence electrons. The van der Waals surface area contributed by atoms with E-state index in [0.29, 0.717) is 6.04 Å². The maximum atomic E-state index is 11.7. The van der Waals surface area contributed by atoms with Crippen LogP contribution in [0, 0.1) is 0 Å². The van der Waals surface area contributed by atoms with Gasteiger partial charge < -0.3 is 5.73 Å². The molecule has 1 aliphatic rings. The molecule has 1 fully saturated rings. The molecule has 1 heterocycles. The molecule has 0 radical (unpaired) electrons. The van der Waals surface area contributed by atoms with E-state index >= 15 is 0 Å². The maximum Gasteiger partial charge on any atom is 0.344 e. The number of nitrogens with one attached hydrogen (secondary N) is 1. The van der Waals surface area contributed by atoms with E-state index in [1.165, 1.54) is 5.56 Å². The monoisotopic (exact) mass is 276 g/mol. The van der Waals surface area contributed by atoms with Gasteiger partial charge in [0.05, 0.1) is 0 Å². The van der Waals surface area contributed by atoms with Gasteiger partial charge in [0.2, 0.25) is 0 Å². The second-order valence-corrected chi connectivity index (χ2v) is 6.15. The largest absolute Gasteiger partial charge is 0.399 e. The molecule has 1 aromatic carbocycles. The lowest BCUT2D eigenvalue weighted by Gasteiger charge is -2.11. The summed E-state index contributed by atoms with van der Waals surface area (Å²) in [4.78, 5) is 11.7. The lowest BCUT2D eigenvalue weighted by atomic mass is 10.1. The highest BCUT2D eigenvalue weighted by molar-refractivity contribution is 7.99. The molecule has 0 saturated heterocycles. The summed E-state index contributed by atoms with van der Waals surface area (Å²) in [5.74, 6) is 0. The van der Waals surface area contributed by atoms with Crippen LogP contribution in [0.2, 0.25) is 0 Å². The van der Waals surface area contributed by atoms with E-state index in [2.05, 4.69) is 17.1 Å². The van der Waals surface area contributed by atoms with Crippen molar-refractivity contribution >= 4 is 17.4 Å². The van der Waals surface area contributed by atoms with Crippen LogP contribution in [0.3, 0.4) is 0 Å². The Morgan fingerprint density at radius 1 is 1.42 bits per heavy atom. The van der Waals surface area contributed by atoms with Gasteiger partial charge in [0.15, 0.2) is 5.16 Å². The number of H-pyrrole nitrogens is 1. The van der Waals surface area contributed by atoms with Crippen LogP contribution >= 0.6 is 11.8 Å². The quantitative estimate of drug-likeness (QED) is 0.664. The van der Waals surface area contributed by atoms with Gasteiger partial charge >= 0.3 is 5.69 Å². The number of nitrogens with two attached hydrogens (primary N) is 1. The number of hydrogen-bond donors (Lipinski definition) is 2. The fourth-order valence-electron chi connectivity index (χ4n) is 2.02. The van der Waals surface area contributed by atoms with Crippen LogP contribution < -0.4 is 11.4 Å². The Balaban J connectivity index is 1.81. The van der Waals surface area contributed by atoms with Gasteiger partial charge in [-0.2, -0.15) is 0 Å². The van der Waals surface area contributed by atoms with Crippen molar-refractivity contribution in [3.63, 3.8) is 0 Å². The molecular weight excluding hydrogens is 260 g/mol. The molecule has 6 heteroatoms. The molecule has 0 spiro atoms. The Bertz CT molecular complexity index is 627. The summed E-state index contributed by atoms with van der Waals surface area (Å²) in [6.45, 7) is 2.10. The first-order chi connectivity index (χ1) is 9.15. The number of rotatable bonds is 4. The van der Waals surface area contributed by atoms with E-state index in [9.17, 15) is 4.79 Å². The van der Waals surface area contributed by atoms with Crippen LogP contribution in [-0.4, -0.2) is 14.8 Å². The summed E-state index contributed by atoms with van der Waals surface area (Å²) in [6, 6.07) is 8.15. The van der Waals surface area contributed by atoms with Crippen molar-refractivity contribution < 1.29 is 0 Å².